The number of nitrogens with one attached hydrogen (secondary N) is 1. The molecular formula is C10H13ClN2O4. The van der Waals surface area contributed by atoms with E-state index in [4.69, 9.17) is 26.6 Å². The summed E-state index contributed by atoms with van der Waals surface area (Å²) in [4.78, 5) is 14.8. The van der Waals surface area contributed by atoms with Crippen molar-refractivity contribution >= 4 is 23.4 Å². The second-order valence-electron chi connectivity index (χ2n) is 3.31. The number of rotatable bonds is 6. The lowest BCUT2D eigenvalue weighted by molar-refractivity contribution is 0.0697. The number of aromatic nitrogens is 1. The molecule has 1 heterocycles. The van der Waals surface area contributed by atoms with Gasteiger partial charge in [0.25, 0.3) is 0 Å². The summed E-state index contributed by atoms with van der Waals surface area (Å²) in [5.41, 5.74) is -0.0433. The van der Waals surface area contributed by atoms with Gasteiger partial charge in [0.05, 0.1) is 29.8 Å². The number of anilines is 1. The third-order valence-electron chi connectivity index (χ3n) is 2.05. The Morgan fingerprint density at radius 3 is 2.94 bits per heavy atom. The highest BCUT2D eigenvalue weighted by molar-refractivity contribution is 6.35. The minimum Gasteiger partial charge on any atom is -0.478 e. The van der Waals surface area contributed by atoms with Gasteiger partial charge in [0, 0.05) is 13.3 Å². The lowest BCUT2D eigenvalue weighted by atomic mass is 10.2. The lowest BCUT2D eigenvalue weighted by Crippen LogP contribution is -2.29. The van der Waals surface area contributed by atoms with E-state index in [0.717, 1.165) is 0 Å². The highest BCUT2D eigenvalue weighted by Gasteiger charge is 2.15. The molecule has 1 aromatic rings. The van der Waals surface area contributed by atoms with Gasteiger partial charge in [0.15, 0.2) is 0 Å². The van der Waals surface area contributed by atoms with Crippen LogP contribution < -0.4 is 5.32 Å². The van der Waals surface area contributed by atoms with Gasteiger partial charge in [0.1, 0.15) is 5.82 Å². The molecule has 1 unspecified atom stereocenters. The number of aliphatic hydroxyl groups excluding tert-OH is 1. The van der Waals surface area contributed by atoms with Gasteiger partial charge in [-0.05, 0) is 6.07 Å². The SMILES string of the molecule is COCC(CO)Nc1nccc(C(=O)O)c1Cl. The van der Waals surface area contributed by atoms with Crippen molar-refractivity contribution in [2.24, 2.45) is 0 Å². The average molecular weight is 261 g/mol. The standard InChI is InChI=1S/C10H13ClN2O4/c1-17-5-6(4-14)13-9-8(11)7(10(15)16)2-3-12-9/h2-3,6,14H,4-5H2,1H3,(H,12,13)(H,15,16). The van der Waals surface area contributed by atoms with Crippen LogP contribution in [0.4, 0.5) is 5.82 Å². The molecule has 0 saturated heterocycles. The minimum absolute atomic E-state index is 0.00885. The number of hydrogen-bond acceptors (Lipinski definition) is 5. The number of aliphatic hydroxyl groups is 1. The van der Waals surface area contributed by atoms with E-state index in [1.165, 1.54) is 19.4 Å². The minimum atomic E-state index is -1.13. The van der Waals surface area contributed by atoms with Crippen LogP contribution in [-0.4, -0.2) is 47.5 Å². The molecule has 0 aliphatic rings. The first-order chi connectivity index (χ1) is 8.10. The largest absolute Gasteiger partial charge is 0.478 e. The molecule has 0 aromatic carbocycles. The Bertz CT molecular complexity index is 400. The smallest absolute Gasteiger partial charge is 0.337 e. The molecule has 17 heavy (non-hydrogen) atoms. The predicted molar refractivity (Wildman–Crippen MR) is 62.6 cm³/mol. The van der Waals surface area contributed by atoms with E-state index in [-0.39, 0.29) is 29.6 Å². The van der Waals surface area contributed by atoms with E-state index in [1.807, 2.05) is 0 Å². The van der Waals surface area contributed by atoms with Gasteiger partial charge in [-0.15, -0.1) is 0 Å². The third kappa shape index (κ3) is 3.55. The normalized spacial score (nSPS) is 12.2. The Morgan fingerprint density at radius 1 is 1.71 bits per heavy atom. The number of methoxy groups -OCH3 is 1. The average Bonchev–Trinajstić information content (AvgIpc) is 2.30. The van der Waals surface area contributed by atoms with Crippen LogP contribution >= 0.6 is 11.6 Å². The first kappa shape index (κ1) is 13.7. The van der Waals surface area contributed by atoms with Crippen LogP contribution in [0, 0.1) is 0 Å². The molecule has 3 N–H and O–H groups in total. The summed E-state index contributed by atoms with van der Waals surface area (Å²) < 4.78 is 4.87. The molecule has 0 aliphatic carbocycles. The molecule has 0 saturated carbocycles. The number of nitrogens with zero attached hydrogens (tertiary/aromatic N) is 1. The second kappa shape index (κ2) is 6.39. The van der Waals surface area contributed by atoms with Gasteiger partial charge in [-0.1, -0.05) is 11.6 Å². The molecule has 0 spiro atoms. The molecule has 1 atom stereocenters. The van der Waals surface area contributed by atoms with E-state index in [1.54, 1.807) is 0 Å². The summed E-state index contributed by atoms with van der Waals surface area (Å²) in [5, 5.41) is 20.7. The van der Waals surface area contributed by atoms with Crippen LogP contribution in [0.1, 0.15) is 10.4 Å². The van der Waals surface area contributed by atoms with Crippen LogP contribution in [-0.2, 0) is 4.74 Å². The van der Waals surface area contributed by atoms with Gasteiger partial charge in [0.2, 0.25) is 0 Å². The molecule has 0 aliphatic heterocycles. The monoisotopic (exact) mass is 260 g/mol. The fourth-order valence-electron chi connectivity index (χ4n) is 1.24. The van der Waals surface area contributed by atoms with Gasteiger partial charge < -0.3 is 20.3 Å². The van der Waals surface area contributed by atoms with Crippen LogP contribution in [0.15, 0.2) is 12.3 Å². The number of hydrogen-bond donors (Lipinski definition) is 3. The van der Waals surface area contributed by atoms with Gasteiger partial charge in [-0.2, -0.15) is 0 Å². The third-order valence-corrected chi connectivity index (χ3v) is 2.43. The van der Waals surface area contributed by atoms with Crippen molar-refractivity contribution in [1.82, 2.24) is 4.98 Å². The zero-order valence-electron chi connectivity index (χ0n) is 9.18. The Kier molecular flexibility index (Phi) is 5.14. The second-order valence-corrected chi connectivity index (χ2v) is 3.68. The summed E-state index contributed by atoms with van der Waals surface area (Å²) in [7, 11) is 1.49. The van der Waals surface area contributed by atoms with E-state index in [9.17, 15) is 4.79 Å². The quantitative estimate of drug-likeness (QED) is 0.702. The van der Waals surface area contributed by atoms with Crippen LogP contribution in [0.25, 0.3) is 0 Å². The lowest BCUT2D eigenvalue weighted by Gasteiger charge is -2.17. The fourth-order valence-corrected chi connectivity index (χ4v) is 1.49. The van der Waals surface area contributed by atoms with Gasteiger partial charge >= 0.3 is 5.97 Å². The van der Waals surface area contributed by atoms with Crippen LogP contribution in [0.5, 0.6) is 0 Å². The number of halogens is 1. The Morgan fingerprint density at radius 2 is 2.41 bits per heavy atom. The molecule has 0 amide bonds. The van der Waals surface area contributed by atoms with Crippen molar-refractivity contribution in [2.75, 3.05) is 25.6 Å². The zero-order chi connectivity index (χ0) is 12.8. The summed E-state index contributed by atoms with van der Waals surface area (Å²) in [6, 6.07) is 0.911. The number of aromatic carboxylic acids is 1. The van der Waals surface area contributed by atoms with E-state index < -0.39 is 12.0 Å². The Labute approximate surface area is 103 Å². The molecule has 0 bridgehead atoms. The molecule has 94 valence electrons. The molecule has 0 radical (unpaired) electrons. The predicted octanol–water partition coefficient (Wildman–Crippen LogP) is 0.852. The van der Waals surface area contributed by atoms with Gasteiger partial charge in [-0.3, -0.25) is 0 Å². The maximum Gasteiger partial charge on any atom is 0.337 e. The van der Waals surface area contributed by atoms with E-state index in [2.05, 4.69) is 10.3 Å². The number of carboxylic acids is 1. The van der Waals surface area contributed by atoms with Crippen molar-refractivity contribution in [1.29, 1.82) is 0 Å². The van der Waals surface area contributed by atoms with Crippen molar-refractivity contribution in [2.45, 2.75) is 6.04 Å². The van der Waals surface area contributed by atoms with Crippen molar-refractivity contribution in [3.05, 3.63) is 22.8 Å². The molecule has 6 nitrogen and oxygen atoms in total. The van der Waals surface area contributed by atoms with Gasteiger partial charge in [-0.25, -0.2) is 9.78 Å². The number of carbonyl (C=O) groups is 1. The maximum atomic E-state index is 10.8. The fraction of sp³-hybridized carbons (Fsp3) is 0.400. The molecule has 1 rings (SSSR count). The first-order valence-electron chi connectivity index (χ1n) is 4.84. The van der Waals surface area contributed by atoms with Crippen molar-refractivity contribution < 1.29 is 19.7 Å². The topological polar surface area (TPSA) is 91.7 Å². The highest BCUT2D eigenvalue weighted by atomic mass is 35.5. The summed E-state index contributed by atoms with van der Waals surface area (Å²) in [6.45, 7) is 0.0783. The highest BCUT2D eigenvalue weighted by Crippen LogP contribution is 2.23. The number of pyridine rings is 1. The molecule has 1 aromatic heterocycles. The summed E-state index contributed by atoms with van der Waals surface area (Å²) >= 11 is 5.88. The van der Waals surface area contributed by atoms with Crippen molar-refractivity contribution in [3.8, 4) is 0 Å². The summed E-state index contributed by atoms with van der Waals surface area (Å²) in [5.74, 6) is -0.921. The summed E-state index contributed by atoms with van der Waals surface area (Å²) in [6.07, 6.45) is 1.33. The maximum absolute atomic E-state index is 10.8. The van der Waals surface area contributed by atoms with Crippen molar-refractivity contribution in [3.63, 3.8) is 0 Å². The number of carboxylic acid groups (broad SMARTS) is 1. The Balaban J connectivity index is 2.91. The van der Waals surface area contributed by atoms with Crippen LogP contribution in [0.2, 0.25) is 5.02 Å². The molecule has 7 heteroatoms. The van der Waals surface area contributed by atoms with E-state index >= 15 is 0 Å². The zero-order valence-corrected chi connectivity index (χ0v) is 9.94. The first-order valence-corrected chi connectivity index (χ1v) is 5.22. The van der Waals surface area contributed by atoms with Crippen LogP contribution in [0.3, 0.4) is 0 Å². The Hall–Kier alpha value is -1.37. The molecular weight excluding hydrogens is 248 g/mol. The van der Waals surface area contributed by atoms with E-state index in [0.29, 0.717) is 0 Å². The molecule has 0 fully saturated rings. The number of ether oxygens (including phenoxy) is 1.